The Bertz CT molecular complexity index is 418. The van der Waals surface area contributed by atoms with E-state index in [4.69, 9.17) is 4.74 Å². The number of hydrogen-bond acceptors (Lipinski definition) is 3. The maximum Gasteiger partial charge on any atom is 0.257 e. The summed E-state index contributed by atoms with van der Waals surface area (Å²) < 4.78 is 5.37. The molecule has 0 aromatic carbocycles. The van der Waals surface area contributed by atoms with Gasteiger partial charge in [0.25, 0.3) is 5.91 Å². The van der Waals surface area contributed by atoms with Gasteiger partial charge in [0.05, 0.1) is 17.5 Å². The lowest BCUT2D eigenvalue weighted by molar-refractivity contribution is 0.0770. The number of aromatic nitrogens is 2. The highest BCUT2D eigenvalue weighted by Gasteiger charge is 2.27. The Balaban J connectivity index is 1.79. The summed E-state index contributed by atoms with van der Waals surface area (Å²) in [6.45, 7) is 3.33. The number of hydrogen-bond donors (Lipinski definition) is 1. The van der Waals surface area contributed by atoms with Crippen molar-refractivity contribution in [3.8, 4) is 0 Å². The van der Waals surface area contributed by atoms with Crippen LogP contribution in [0.2, 0.25) is 0 Å². The first kappa shape index (κ1) is 11.7. The number of nitrogens with one attached hydrogen (secondary N) is 1. The van der Waals surface area contributed by atoms with E-state index in [1.165, 1.54) is 0 Å². The van der Waals surface area contributed by atoms with Crippen LogP contribution in [0.25, 0.3) is 0 Å². The molecule has 0 radical (unpaired) electrons. The van der Waals surface area contributed by atoms with Gasteiger partial charge >= 0.3 is 0 Å². The summed E-state index contributed by atoms with van der Waals surface area (Å²) in [5.41, 5.74) is 1.78. The number of likely N-dealkylation sites (tertiary alicyclic amines) is 1. The van der Waals surface area contributed by atoms with Crippen molar-refractivity contribution in [2.45, 2.75) is 31.6 Å². The van der Waals surface area contributed by atoms with Gasteiger partial charge in [-0.1, -0.05) is 0 Å². The lowest BCUT2D eigenvalue weighted by Crippen LogP contribution is -2.29. The summed E-state index contributed by atoms with van der Waals surface area (Å²) in [5, 5.41) is 7.10. The second-order valence-electron chi connectivity index (χ2n) is 5.08. The van der Waals surface area contributed by atoms with Gasteiger partial charge in [0, 0.05) is 32.2 Å². The lowest BCUT2D eigenvalue weighted by Gasteiger charge is -2.23. The summed E-state index contributed by atoms with van der Waals surface area (Å²) in [4.78, 5) is 14.3. The molecule has 3 rings (SSSR count). The van der Waals surface area contributed by atoms with Crippen molar-refractivity contribution < 1.29 is 9.53 Å². The van der Waals surface area contributed by atoms with Crippen LogP contribution in [-0.4, -0.2) is 47.3 Å². The van der Waals surface area contributed by atoms with Gasteiger partial charge in [-0.25, -0.2) is 0 Å². The van der Waals surface area contributed by atoms with Crippen LogP contribution in [0.4, 0.5) is 0 Å². The monoisotopic (exact) mass is 249 g/mol. The molecular formula is C13H19N3O2. The third-order valence-corrected chi connectivity index (χ3v) is 3.92. The molecule has 1 aromatic rings. The van der Waals surface area contributed by atoms with Crippen molar-refractivity contribution in [3.05, 3.63) is 17.5 Å². The molecule has 0 unspecified atom stereocenters. The molecule has 0 spiro atoms. The highest BCUT2D eigenvalue weighted by atomic mass is 16.5. The van der Waals surface area contributed by atoms with Gasteiger partial charge in [-0.15, -0.1) is 0 Å². The number of aromatic amines is 1. The second-order valence-corrected chi connectivity index (χ2v) is 5.08. The SMILES string of the molecule is O=C(c1cn[nH]c1C1CCOCC1)N1CCCC1. The van der Waals surface area contributed by atoms with Crippen LogP contribution < -0.4 is 0 Å². The van der Waals surface area contributed by atoms with Crippen molar-refractivity contribution in [2.24, 2.45) is 0 Å². The second kappa shape index (κ2) is 5.10. The molecule has 0 saturated carbocycles. The fourth-order valence-corrected chi connectivity index (χ4v) is 2.85. The molecule has 5 heteroatoms. The summed E-state index contributed by atoms with van der Waals surface area (Å²) in [6, 6.07) is 0. The zero-order chi connectivity index (χ0) is 12.4. The average Bonchev–Trinajstić information content (AvgIpc) is 3.10. The van der Waals surface area contributed by atoms with Gasteiger partial charge in [0.15, 0.2) is 0 Å². The Labute approximate surface area is 107 Å². The highest BCUT2D eigenvalue weighted by molar-refractivity contribution is 5.95. The summed E-state index contributed by atoms with van der Waals surface area (Å²) >= 11 is 0. The van der Waals surface area contributed by atoms with Gasteiger partial charge in [0.1, 0.15) is 0 Å². The van der Waals surface area contributed by atoms with E-state index in [1.807, 2.05) is 4.90 Å². The average molecular weight is 249 g/mol. The molecule has 2 saturated heterocycles. The van der Waals surface area contributed by atoms with Crippen molar-refractivity contribution in [2.75, 3.05) is 26.3 Å². The van der Waals surface area contributed by atoms with Crippen molar-refractivity contribution in [3.63, 3.8) is 0 Å². The third-order valence-electron chi connectivity index (χ3n) is 3.92. The smallest absolute Gasteiger partial charge is 0.257 e. The predicted molar refractivity (Wildman–Crippen MR) is 66.5 cm³/mol. The number of ether oxygens (including phenoxy) is 1. The molecular weight excluding hydrogens is 230 g/mol. The van der Waals surface area contributed by atoms with Gasteiger partial charge in [0.2, 0.25) is 0 Å². The Morgan fingerprint density at radius 3 is 2.78 bits per heavy atom. The third kappa shape index (κ3) is 2.14. The van der Waals surface area contributed by atoms with Gasteiger partial charge in [-0.3, -0.25) is 9.89 Å². The zero-order valence-corrected chi connectivity index (χ0v) is 10.5. The van der Waals surface area contributed by atoms with Crippen LogP contribution in [0, 0.1) is 0 Å². The standard InChI is InChI=1S/C13H19N3O2/c17-13(16-5-1-2-6-16)11-9-14-15-12(11)10-3-7-18-8-4-10/h9-10H,1-8H2,(H,14,15). The van der Waals surface area contributed by atoms with E-state index in [1.54, 1.807) is 6.20 Å². The van der Waals surface area contributed by atoms with Crippen LogP contribution in [0.15, 0.2) is 6.20 Å². The molecule has 5 nitrogen and oxygen atoms in total. The van der Waals surface area contributed by atoms with Crippen LogP contribution in [0.3, 0.4) is 0 Å². The van der Waals surface area contributed by atoms with Crippen molar-refractivity contribution >= 4 is 5.91 Å². The topological polar surface area (TPSA) is 58.2 Å². The summed E-state index contributed by atoms with van der Waals surface area (Å²) in [5.74, 6) is 0.533. The van der Waals surface area contributed by atoms with Gasteiger partial charge in [-0.05, 0) is 25.7 Å². The normalized spacial score (nSPS) is 21.4. The van der Waals surface area contributed by atoms with E-state index in [9.17, 15) is 4.79 Å². The molecule has 0 aliphatic carbocycles. The Morgan fingerprint density at radius 1 is 1.33 bits per heavy atom. The first-order chi connectivity index (χ1) is 8.86. The largest absolute Gasteiger partial charge is 0.381 e. The Kier molecular flexibility index (Phi) is 3.32. The molecule has 1 aromatic heterocycles. The van der Waals surface area contributed by atoms with Gasteiger partial charge < -0.3 is 9.64 Å². The van der Waals surface area contributed by atoms with Gasteiger partial charge in [-0.2, -0.15) is 5.10 Å². The fourth-order valence-electron chi connectivity index (χ4n) is 2.85. The first-order valence-electron chi connectivity index (χ1n) is 6.76. The number of H-pyrrole nitrogens is 1. The molecule has 3 heterocycles. The predicted octanol–water partition coefficient (Wildman–Crippen LogP) is 1.54. The van der Waals surface area contributed by atoms with Crippen LogP contribution in [-0.2, 0) is 4.74 Å². The van der Waals surface area contributed by atoms with Crippen molar-refractivity contribution in [1.82, 2.24) is 15.1 Å². The molecule has 1 amide bonds. The summed E-state index contributed by atoms with van der Waals surface area (Å²) in [6.07, 6.45) is 5.88. The first-order valence-corrected chi connectivity index (χ1v) is 6.76. The van der Waals surface area contributed by atoms with E-state index < -0.39 is 0 Å². The molecule has 1 N–H and O–H groups in total. The minimum Gasteiger partial charge on any atom is -0.381 e. The van der Waals surface area contributed by atoms with Crippen molar-refractivity contribution in [1.29, 1.82) is 0 Å². The van der Waals surface area contributed by atoms with Crippen LogP contribution in [0.1, 0.15) is 47.7 Å². The number of carbonyl (C=O) groups excluding carboxylic acids is 1. The highest BCUT2D eigenvalue weighted by Crippen LogP contribution is 2.28. The quantitative estimate of drug-likeness (QED) is 0.865. The molecule has 0 atom stereocenters. The van der Waals surface area contributed by atoms with E-state index in [0.717, 1.165) is 63.2 Å². The molecule has 2 fully saturated rings. The molecule has 18 heavy (non-hydrogen) atoms. The Morgan fingerprint density at radius 2 is 2.06 bits per heavy atom. The van der Waals surface area contributed by atoms with E-state index in [-0.39, 0.29) is 5.91 Å². The number of carbonyl (C=O) groups is 1. The van der Waals surface area contributed by atoms with Crippen LogP contribution >= 0.6 is 0 Å². The fraction of sp³-hybridized carbons (Fsp3) is 0.692. The number of nitrogens with zero attached hydrogens (tertiary/aromatic N) is 2. The maximum absolute atomic E-state index is 12.4. The number of amides is 1. The molecule has 0 bridgehead atoms. The molecule has 2 aliphatic heterocycles. The van der Waals surface area contributed by atoms with E-state index in [2.05, 4.69) is 10.2 Å². The summed E-state index contributed by atoms with van der Waals surface area (Å²) in [7, 11) is 0. The minimum absolute atomic E-state index is 0.141. The van der Waals surface area contributed by atoms with Crippen LogP contribution in [0.5, 0.6) is 0 Å². The number of rotatable bonds is 2. The van der Waals surface area contributed by atoms with E-state index >= 15 is 0 Å². The minimum atomic E-state index is 0.141. The molecule has 2 aliphatic rings. The zero-order valence-electron chi connectivity index (χ0n) is 10.5. The lowest BCUT2D eigenvalue weighted by atomic mass is 9.93. The Hall–Kier alpha value is -1.36. The maximum atomic E-state index is 12.4. The molecule has 98 valence electrons. The van der Waals surface area contributed by atoms with E-state index in [0.29, 0.717) is 5.92 Å².